The molecule has 0 saturated heterocycles. The Labute approximate surface area is 80.4 Å². The molecule has 0 amide bonds. The van der Waals surface area contributed by atoms with Gasteiger partial charge in [0.1, 0.15) is 0 Å². The molecular formula is C9H11B2N2. The Morgan fingerprint density at radius 3 is 2.77 bits per heavy atom. The Balaban J connectivity index is 0.000000251. The number of imidazole rings is 1. The van der Waals surface area contributed by atoms with Gasteiger partial charge in [-0.2, -0.15) is 0 Å². The van der Waals surface area contributed by atoms with E-state index in [-0.39, 0.29) is 0 Å². The van der Waals surface area contributed by atoms with Crippen molar-refractivity contribution >= 4 is 25.9 Å². The first-order valence-corrected chi connectivity index (χ1v) is 4.18. The standard InChI is InChI=1S/C8H8N2.CH3B2/c1-6-3-2-4-7-8(6)10-5-9-7;1-3-2/h2-5H,1H3,(H,9,10);1H3. The van der Waals surface area contributed by atoms with Crippen molar-refractivity contribution in [2.45, 2.75) is 13.7 Å². The van der Waals surface area contributed by atoms with E-state index < -0.39 is 0 Å². The lowest BCUT2D eigenvalue weighted by Gasteiger charge is -1.90. The number of aryl methyl sites for hydroxylation is 1. The maximum absolute atomic E-state index is 4.72. The van der Waals surface area contributed by atoms with Crippen LogP contribution in [0.15, 0.2) is 24.5 Å². The van der Waals surface area contributed by atoms with Gasteiger partial charge in [-0.15, -0.1) is 6.82 Å². The maximum atomic E-state index is 4.72. The van der Waals surface area contributed by atoms with Gasteiger partial charge in [0.15, 0.2) is 0 Å². The minimum absolute atomic E-state index is 1.07. The minimum atomic E-state index is 1.07. The van der Waals surface area contributed by atoms with Crippen LogP contribution >= 0.6 is 0 Å². The van der Waals surface area contributed by atoms with E-state index in [4.69, 9.17) is 7.74 Å². The van der Waals surface area contributed by atoms with Crippen molar-refractivity contribution < 1.29 is 0 Å². The molecule has 0 fully saturated rings. The molecule has 0 bridgehead atoms. The van der Waals surface area contributed by atoms with Gasteiger partial charge in [0.05, 0.1) is 24.5 Å². The summed E-state index contributed by atoms with van der Waals surface area (Å²) in [5, 5.41) is 0. The Bertz CT molecular complexity index is 370. The lowest BCUT2D eigenvalue weighted by Crippen LogP contribution is -1.73. The molecule has 2 nitrogen and oxygen atoms in total. The Morgan fingerprint density at radius 1 is 1.46 bits per heavy atom. The van der Waals surface area contributed by atoms with Gasteiger partial charge in [0, 0.05) is 7.74 Å². The average molecular weight is 169 g/mol. The summed E-state index contributed by atoms with van der Waals surface area (Å²) in [4.78, 5) is 7.21. The second-order valence-electron chi connectivity index (χ2n) is 2.71. The van der Waals surface area contributed by atoms with Gasteiger partial charge in [-0.1, -0.05) is 12.1 Å². The van der Waals surface area contributed by atoms with Crippen LogP contribution in [0.2, 0.25) is 6.82 Å². The third-order valence-corrected chi connectivity index (χ3v) is 1.65. The summed E-state index contributed by atoms with van der Waals surface area (Å²) in [6.45, 7) is 3.84. The zero-order valence-corrected chi connectivity index (χ0v) is 7.91. The molecule has 1 aromatic heterocycles. The third kappa shape index (κ3) is 2.38. The molecule has 1 aromatic carbocycles. The number of nitrogens with zero attached hydrogens (tertiary/aromatic N) is 1. The number of benzene rings is 1. The molecule has 0 aliphatic carbocycles. The summed E-state index contributed by atoms with van der Waals surface area (Å²) in [6, 6.07) is 6.11. The number of H-pyrrole nitrogens is 1. The van der Waals surface area contributed by atoms with Crippen LogP contribution in [0.5, 0.6) is 0 Å². The van der Waals surface area contributed by atoms with E-state index >= 15 is 0 Å². The number of nitrogens with one attached hydrogen (secondary N) is 1. The molecule has 4 heteroatoms. The van der Waals surface area contributed by atoms with Crippen molar-refractivity contribution in [2.75, 3.05) is 0 Å². The number of fused-ring (bicyclic) bond motifs is 1. The summed E-state index contributed by atoms with van der Waals surface area (Å²) < 4.78 is 0. The van der Waals surface area contributed by atoms with Crippen molar-refractivity contribution in [3.63, 3.8) is 0 Å². The lowest BCUT2D eigenvalue weighted by molar-refractivity contribution is 1.34. The van der Waals surface area contributed by atoms with Crippen molar-refractivity contribution in [3.05, 3.63) is 30.1 Å². The predicted molar refractivity (Wildman–Crippen MR) is 58.2 cm³/mol. The molecule has 2 rings (SSSR count). The van der Waals surface area contributed by atoms with E-state index in [1.165, 1.54) is 12.7 Å². The van der Waals surface area contributed by atoms with Crippen molar-refractivity contribution in [2.24, 2.45) is 0 Å². The normalized spacial score (nSPS) is 9.08. The Kier molecular flexibility index (Phi) is 3.62. The topological polar surface area (TPSA) is 28.7 Å². The summed E-state index contributed by atoms with van der Waals surface area (Å²) in [5.41, 5.74) is 3.40. The fourth-order valence-electron chi connectivity index (χ4n) is 1.11. The van der Waals surface area contributed by atoms with Crippen LogP contribution in [0, 0.1) is 6.92 Å². The van der Waals surface area contributed by atoms with Crippen LogP contribution in [-0.2, 0) is 0 Å². The summed E-state index contributed by atoms with van der Waals surface area (Å²) in [5.74, 6) is 0. The van der Waals surface area contributed by atoms with Crippen LogP contribution in [0.1, 0.15) is 5.56 Å². The Morgan fingerprint density at radius 2 is 2.15 bits per heavy atom. The van der Waals surface area contributed by atoms with Crippen LogP contribution in [0.4, 0.5) is 0 Å². The van der Waals surface area contributed by atoms with Crippen LogP contribution in [0.25, 0.3) is 11.0 Å². The first kappa shape index (κ1) is 9.90. The second kappa shape index (κ2) is 4.75. The van der Waals surface area contributed by atoms with Crippen LogP contribution < -0.4 is 0 Å². The maximum Gasteiger partial charge on any atom is 0.0931 e. The fraction of sp³-hybridized carbons (Fsp3) is 0.222. The lowest BCUT2D eigenvalue weighted by atomic mass is 9.59. The molecule has 0 spiro atoms. The molecule has 0 unspecified atom stereocenters. The van der Waals surface area contributed by atoms with Gasteiger partial charge in [0.25, 0.3) is 0 Å². The van der Waals surface area contributed by atoms with Crippen molar-refractivity contribution in [1.29, 1.82) is 0 Å². The smallest absolute Gasteiger partial charge is 0.0931 e. The average Bonchev–Trinajstić information content (AvgIpc) is 2.54. The number of aromatic nitrogens is 2. The monoisotopic (exact) mass is 169 g/mol. The molecule has 0 atom stereocenters. The summed E-state index contributed by atoms with van der Waals surface area (Å²) >= 11 is 0. The van der Waals surface area contributed by atoms with Gasteiger partial charge < -0.3 is 4.98 Å². The van der Waals surface area contributed by atoms with E-state index in [9.17, 15) is 0 Å². The number of rotatable bonds is 0. The molecule has 13 heavy (non-hydrogen) atoms. The van der Waals surface area contributed by atoms with E-state index in [0.29, 0.717) is 0 Å². The number of hydrogen-bond acceptors (Lipinski definition) is 1. The first-order chi connectivity index (χ1) is 6.29. The molecule has 63 valence electrons. The molecule has 0 saturated carbocycles. The highest BCUT2D eigenvalue weighted by molar-refractivity contribution is 6.88. The van der Waals surface area contributed by atoms with Crippen LogP contribution in [-0.4, -0.2) is 24.9 Å². The van der Waals surface area contributed by atoms with E-state index in [0.717, 1.165) is 11.0 Å². The molecule has 2 aromatic rings. The SMILES string of the molecule is Cc1cccc2[nH]cnc12.[B][B]C. The van der Waals surface area contributed by atoms with Gasteiger partial charge >= 0.3 is 0 Å². The molecule has 1 heterocycles. The van der Waals surface area contributed by atoms with Crippen molar-refractivity contribution in [3.8, 4) is 0 Å². The summed E-state index contributed by atoms with van der Waals surface area (Å²) in [6.07, 6.45) is 1.72. The Hall–Kier alpha value is -1.18. The molecule has 0 aliphatic rings. The number of hydrogen-bond donors (Lipinski definition) is 1. The van der Waals surface area contributed by atoms with Gasteiger partial charge in [-0.3, -0.25) is 0 Å². The van der Waals surface area contributed by atoms with Crippen molar-refractivity contribution in [1.82, 2.24) is 9.97 Å². The van der Waals surface area contributed by atoms with Gasteiger partial charge in [0.2, 0.25) is 0 Å². The molecule has 1 N–H and O–H groups in total. The predicted octanol–water partition coefficient (Wildman–Crippen LogP) is 1.69. The van der Waals surface area contributed by atoms with Crippen LogP contribution in [0.3, 0.4) is 0 Å². The highest BCUT2D eigenvalue weighted by atomic mass is 14.9. The largest absolute Gasteiger partial charge is 0.345 e. The highest BCUT2D eigenvalue weighted by Crippen LogP contribution is 2.12. The zero-order valence-electron chi connectivity index (χ0n) is 7.91. The second-order valence-corrected chi connectivity index (χ2v) is 2.71. The number of aromatic amines is 1. The minimum Gasteiger partial charge on any atom is -0.345 e. The molecule has 0 aliphatic heterocycles. The third-order valence-electron chi connectivity index (χ3n) is 1.65. The molecule has 3 radical (unpaired) electrons. The highest BCUT2D eigenvalue weighted by Gasteiger charge is 1.95. The van der Waals surface area contributed by atoms with Gasteiger partial charge in [-0.25, -0.2) is 4.98 Å². The van der Waals surface area contributed by atoms with E-state index in [2.05, 4.69) is 23.0 Å². The van der Waals surface area contributed by atoms with E-state index in [1.54, 1.807) is 13.2 Å². The molecular weight excluding hydrogens is 158 g/mol. The summed E-state index contributed by atoms with van der Waals surface area (Å²) in [7, 11) is 6.22. The fourth-order valence-corrected chi connectivity index (χ4v) is 1.11. The quantitative estimate of drug-likeness (QED) is 0.597. The van der Waals surface area contributed by atoms with Gasteiger partial charge in [-0.05, 0) is 18.6 Å². The first-order valence-electron chi connectivity index (χ1n) is 4.18. The number of para-hydroxylation sites is 1. The van der Waals surface area contributed by atoms with E-state index in [1.807, 2.05) is 12.1 Å². The zero-order chi connectivity index (χ0) is 9.68.